The number of aldehydes is 1. The van der Waals surface area contributed by atoms with E-state index in [-0.39, 0.29) is 35.9 Å². The number of aliphatic hydroxyl groups is 6. The number of hydrogen-bond acceptors (Lipinski definition) is 13. The second kappa shape index (κ2) is 15.2. The number of fused-ring (bicyclic) bond motifs is 5. The lowest BCUT2D eigenvalue weighted by atomic mass is 9.41. The van der Waals surface area contributed by atoms with E-state index in [0.29, 0.717) is 71.2 Å². The van der Waals surface area contributed by atoms with Crippen molar-refractivity contribution in [1.29, 1.82) is 0 Å². The number of esters is 1. The van der Waals surface area contributed by atoms with Gasteiger partial charge < -0.3 is 59.1 Å². The first-order valence-corrected chi connectivity index (χ1v) is 18.0. The molecule has 0 radical (unpaired) electrons. The van der Waals surface area contributed by atoms with Gasteiger partial charge in [0.25, 0.3) is 0 Å². The molecule has 0 spiro atoms. The van der Waals surface area contributed by atoms with Crippen molar-refractivity contribution in [1.82, 2.24) is 0 Å². The highest BCUT2D eigenvalue weighted by Crippen LogP contribution is 2.70. The van der Waals surface area contributed by atoms with Crippen LogP contribution in [0.25, 0.3) is 0 Å². The van der Waals surface area contributed by atoms with Gasteiger partial charge in [-0.3, -0.25) is 0 Å². The lowest BCUT2D eigenvalue weighted by Crippen LogP contribution is -2.69. The first kappa shape index (κ1) is 38.7. The van der Waals surface area contributed by atoms with Crippen LogP contribution in [0.5, 0.6) is 0 Å². The summed E-state index contributed by atoms with van der Waals surface area (Å²) in [6.45, 7) is 4.99. The molecule has 6 N–H and O–H groups in total. The summed E-state index contributed by atoms with van der Waals surface area (Å²) in [7, 11) is 2.57. The zero-order valence-electron chi connectivity index (χ0n) is 29.4. The minimum absolute atomic E-state index is 0.0827. The molecule has 7 aliphatic rings. The number of carbonyl (C=O) groups excluding carboxylic acids is 2. The highest BCUT2D eigenvalue weighted by molar-refractivity contribution is 5.85. The van der Waals surface area contributed by atoms with Gasteiger partial charge in [0, 0.05) is 45.0 Å². The summed E-state index contributed by atoms with van der Waals surface area (Å²) in [5.74, 6) is -0.420. The van der Waals surface area contributed by atoms with Crippen molar-refractivity contribution in [2.24, 2.45) is 28.6 Å². The van der Waals surface area contributed by atoms with Crippen molar-refractivity contribution < 1.29 is 63.9 Å². The number of aliphatic hydroxyl groups excluding tert-OH is 4. The monoisotopic (exact) mass is 698 g/mol. The third-order valence-corrected chi connectivity index (χ3v) is 13.3. The molecule has 0 aromatic rings. The molecule has 14 unspecified atom stereocenters. The minimum atomic E-state index is -1.21. The summed E-state index contributed by atoms with van der Waals surface area (Å²) < 4.78 is 27.7. The fourth-order valence-corrected chi connectivity index (χ4v) is 10.8. The number of hydrogen-bond donors (Lipinski definition) is 6. The molecule has 13 heteroatoms. The van der Waals surface area contributed by atoms with Crippen LogP contribution in [0.15, 0.2) is 11.6 Å². The SMILES string of the molecule is CO.COC1CC(OC2CCC3(C=O)C4CCC5(C)C(C6=CC(=O)OC6)CCC5(O)C4CCC3(O)C2)OC(C)C1O.OC1COCC(O)C1. The summed E-state index contributed by atoms with van der Waals surface area (Å²) in [6.07, 6.45) is 5.64. The average Bonchev–Trinajstić information content (AvgIpc) is 3.62. The van der Waals surface area contributed by atoms with Crippen LogP contribution in [-0.4, -0.2) is 131 Å². The summed E-state index contributed by atoms with van der Waals surface area (Å²) >= 11 is 0. The first-order chi connectivity index (χ1) is 23.3. The largest absolute Gasteiger partial charge is 0.458 e. The van der Waals surface area contributed by atoms with Gasteiger partial charge in [-0.05, 0) is 81.6 Å². The molecule has 280 valence electrons. The van der Waals surface area contributed by atoms with E-state index in [2.05, 4.69) is 6.92 Å². The molecule has 49 heavy (non-hydrogen) atoms. The van der Waals surface area contributed by atoms with E-state index in [9.17, 15) is 24.9 Å². The molecule has 0 aromatic carbocycles. The number of carbonyl (C=O) groups is 2. The zero-order chi connectivity index (χ0) is 35.8. The molecule has 3 aliphatic heterocycles. The summed E-state index contributed by atoms with van der Waals surface area (Å²) in [5.41, 5.74) is -2.52. The van der Waals surface area contributed by atoms with Gasteiger partial charge in [0.05, 0.1) is 60.4 Å². The maximum Gasteiger partial charge on any atom is 0.331 e. The van der Waals surface area contributed by atoms with Gasteiger partial charge in [0.1, 0.15) is 19.0 Å². The quantitative estimate of drug-likeness (QED) is 0.136. The summed E-state index contributed by atoms with van der Waals surface area (Å²) in [4.78, 5) is 24.8. The Balaban J connectivity index is 0.000000408. The standard InChI is InChI=1S/C30H44O9.C5H10O3.CH4O/c1-17-26(33)23(36-3)13-25(38-17)39-19-4-9-28(16-31)21-5-8-27(2)20(18-12-24(32)37-15-18)7-11-30(27,35)22(21)6-10-29(28,34)14-19;6-4-1-5(7)3-8-2-4;1-2/h12,16-17,19-23,25-26,33-35H,4-11,13-15H2,1-3H3;4-7H,1-3H2;2H,1H3. The maximum absolute atomic E-state index is 13.0. The molecule has 7 rings (SSSR count). The fraction of sp³-hybridized carbons (Fsp3) is 0.889. The van der Waals surface area contributed by atoms with Crippen molar-refractivity contribution >= 4 is 12.3 Å². The Morgan fingerprint density at radius 2 is 1.63 bits per heavy atom. The van der Waals surface area contributed by atoms with Crippen molar-refractivity contribution in [3.63, 3.8) is 0 Å². The topological polar surface area (TPSA) is 202 Å². The third-order valence-electron chi connectivity index (χ3n) is 13.3. The van der Waals surface area contributed by atoms with Gasteiger partial charge in [-0.1, -0.05) is 6.92 Å². The number of rotatable bonds is 5. The van der Waals surface area contributed by atoms with Gasteiger partial charge in [-0.15, -0.1) is 0 Å². The number of ether oxygens (including phenoxy) is 5. The molecular formula is C36H58O13. The predicted molar refractivity (Wildman–Crippen MR) is 174 cm³/mol. The minimum Gasteiger partial charge on any atom is -0.458 e. The Bertz CT molecular complexity index is 1190. The highest BCUT2D eigenvalue weighted by atomic mass is 16.7. The molecule has 4 saturated carbocycles. The van der Waals surface area contributed by atoms with Crippen LogP contribution in [0, 0.1) is 28.6 Å². The Morgan fingerprint density at radius 1 is 0.939 bits per heavy atom. The van der Waals surface area contributed by atoms with Crippen LogP contribution in [0.4, 0.5) is 0 Å². The lowest BCUT2D eigenvalue weighted by molar-refractivity contribution is -0.287. The van der Waals surface area contributed by atoms with Crippen LogP contribution < -0.4 is 0 Å². The second-order valence-corrected chi connectivity index (χ2v) is 15.6. The highest BCUT2D eigenvalue weighted by Gasteiger charge is 2.71. The fourth-order valence-electron chi connectivity index (χ4n) is 10.8. The Morgan fingerprint density at radius 3 is 2.22 bits per heavy atom. The van der Waals surface area contributed by atoms with E-state index in [4.69, 9.17) is 39.0 Å². The Hall–Kier alpha value is -1.52. The molecule has 14 atom stereocenters. The smallest absolute Gasteiger partial charge is 0.331 e. The van der Waals surface area contributed by atoms with E-state index in [1.807, 2.05) is 0 Å². The van der Waals surface area contributed by atoms with E-state index < -0.39 is 52.7 Å². The normalized spacial score (nSPS) is 49.0. The van der Waals surface area contributed by atoms with E-state index in [0.717, 1.165) is 38.2 Å². The molecule has 13 nitrogen and oxygen atoms in total. The molecule has 0 aromatic heterocycles. The van der Waals surface area contributed by atoms with E-state index >= 15 is 0 Å². The van der Waals surface area contributed by atoms with Gasteiger partial charge >= 0.3 is 5.97 Å². The molecule has 0 bridgehead atoms. The molecule has 4 aliphatic carbocycles. The Kier molecular flexibility index (Phi) is 12.0. The van der Waals surface area contributed by atoms with Gasteiger partial charge in [-0.2, -0.15) is 0 Å². The van der Waals surface area contributed by atoms with Crippen molar-refractivity contribution in [3.05, 3.63) is 11.6 Å². The molecule has 3 heterocycles. The second-order valence-electron chi connectivity index (χ2n) is 15.6. The van der Waals surface area contributed by atoms with Gasteiger partial charge in [-0.25, -0.2) is 4.79 Å². The van der Waals surface area contributed by atoms with Crippen LogP contribution in [-0.2, 0) is 33.3 Å². The van der Waals surface area contributed by atoms with Crippen LogP contribution in [0.2, 0.25) is 0 Å². The first-order valence-electron chi connectivity index (χ1n) is 18.0. The zero-order valence-corrected chi connectivity index (χ0v) is 29.4. The summed E-state index contributed by atoms with van der Waals surface area (Å²) in [5, 5.41) is 59.4. The molecule has 6 fully saturated rings. The van der Waals surface area contributed by atoms with Crippen LogP contribution >= 0.6 is 0 Å². The predicted octanol–water partition coefficient (Wildman–Crippen LogP) is 1.17. The van der Waals surface area contributed by atoms with Crippen LogP contribution in [0.1, 0.15) is 84.5 Å². The van der Waals surface area contributed by atoms with Gasteiger partial charge in [0.15, 0.2) is 6.29 Å². The number of methoxy groups -OCH3 is 1. The molecular weight excluding hydrogens is 640 g/mol. The Labute approximate surface area is 288 Å². The average molecular weight is 699 g/mol. The molecule has 0 amide bonds. The lowest BCUT2D eigenvalue weighted by Gasteiger charge is -2.65. The third kappa shape index (κ3) is 6.90. The number of cyclic esters (lactones) is 1. The van der Waals surface area contributed by atoms with E-state index in [1.54, 1.807) is 20.1 Å². The summed E-state index contributed by atoms with van der Waals surface area (Å²) in [6, 6.07) is 0. The van der Waals surface area contributed by atoms with Crippen molar-refractivity contribution in [2.45, 2.75) is 139 Å². The molecule has 2 saturated heterocycles. The van der Waals surface area contributed by atoms with Gasteiger partial charge in [0.2, 0.25) is 0 Å². The van der Waals surface area contributed by atoms with Crippen LogP contribution in [0.3, 0.4) is 0 Å². The van der Waals surface area contributed by atoms with Crippen molar-refractivity contribution in [2.75, 3.05) is 34.0 Å². The van der Waals surface area contributed by atoms with E-state index in [1.165, 1.54) is 0 Å². The van der Waals surface area contributed by atoms with Crippen molar-refractivity contribution in [3.8, 4) is 0 Å². The maximum atomic E-state index is 13.0.